The summed E-state index contributed by atoms with van der Waals surface area (Å²) in [4.78, 5) is 23.7. The number of aromatic nitrogens is 2. The maximum absolute atomic E-state index is 12.3. The molecule has 21 heavy (non-hydrogen) atoms. The topological polar surface area (TPSA) is 62.8 Å². The van der Waals surface area contributed by atoms with Crippen LogP contribution in [0.5, 0.6) is 0 Å². The van der Waals surface area contributed by atoms with E-state index in [2.05, 4.69) is 10.2 Å². The van der Waals surface area contributed by atoms with E-state index in [9.17, 15) is 9.59 Å². The fourth-order valence-electron chi connectivity index (χ4n) is 2.91. The summed E-state index contributed by atoms with van der Waals surface area (Å²) in [6.07, 6.45) is 3.08. The Morgan fingerprint density at radius 3 is 2.86 bits per heavy atom. The second kappa shape index (κ2) is 5.64. The van der Waals surface area contributed by atoms with Gasteiger partial charge in [-0.05, 0) is 37.7 Å². The number of nitrogens with zero attached hydrogens (tertiary/aromatic N) is 1. The van der Waals surface area contributed by atoms with E-state index in [4.69, 9.17) is 0 Å². The van der Waals surface area contributed by atoms with E-state index in [0.717, 1.165) is 41.6 Å². The molecule has 0 amide bonds. The Morgan fingerprint density at radius 1 is 1.33 bits per heavy atom. The molecule has 2 aromatic rings. The number of hydrogen-bond donors (Lipinski definition) is 1. The molecule has 1 aliphatic carbocycles. The number of nitrogens with one attached hydrogen (secondary N) is 1. The largest absolute Gasteiger partial charge is 0.294 e. The molecule has 1 unspecified atom stereocenters. The van der Waals surface area contributed by atoms with Gasteiger partial charge in [0.15, 0.2) is 5.78 Å². The van der Waals surface area contributed by atoms with Crippen LogP contribution in [0.25, 0.3) is 0 Å². The molecule has 0 spiro atoms. The minimum Gasteiger partial charge on any atom is -0.294 e. The Labute approximate surface area is 123 Å². The van der Waals surface area contributed by atoms with Crippen molar-refractivity contribution in [3.8, 4) is 0 Å². The first-order valence-electron chi connectivity index (χ1n) is 7.29. The number of H-pyrrole nitrogens is 1. The van der Waals surface area contributed by atoms with Gasteiger partial charge in [-0.25, -0.2) is 5.10 Å². The smallest absolute Gasteiger partial charge is 0.264 e. The first-order chi connectivity index (χ1) is 10.1. The lowest BCUT2D eigenvalue weighted by atomic mass is 9.83. The summed E-state index contributed by atoms with van der Waals surface area (Å²) < 4.78 is 0. The van der Waals surface area contributed by atoms with Crippen LogP contribution in [0.15, 0.2) is 35.1 Å². The fourth-order valence-corrected chi connectivity index (χ4v) is 2.91. The molecule has 0 bridgehead atoms. The molecule has 1 aromatic heterocycles. The number of hydrogen-bond acceptors (Lipinski definition) is 3. The molecule has 1 atom stereocenters. The van der Waals surface area contributed by atoms with Crippen LogP contribution < -0.4 is 5.56 Å². The average Bonchev–Trinajstić information content (AvgIpc) is 2.47. The van der Waals surface area contributed by atoms with Crippen LogP contribution in [-0.4, -0.2) is 16.0 Å². The molecule has 1 heterocycles. The van der Waals surface area contributed by atoms with Crippen LogP contribution in [0.1, 0.15) is 40.0 Å². The maximum Gasteiger partial charge on any atom is 0.264 e. The van der Waals surface area contributed by atoms with Crippen LogP contribution in [0.2, 0.25) is 0 Å². The van der Waals surface area contributed by atoms with Crippen LogP contribution in [0.3, 0.4) is 0 Å². The molecule has 108 valence electrons. The molecule has 1 N–H and O–H groups in total. The van der Waals surface area contributed by atoms with Crippen molar-refractivity contribution >= 4 is 5.78 Å². The van der Waals surface area contributed by atoms with Crippen molar-refractivity contribution in [1.29, 1.82) is 0 Å². The zero-order chi connectivity index (χ0) is 14.8. The highest BCUT2D eigenvalue weighted by Gasteiger charge is 2.22. The molecule has 0 saturated carbocycles. The summed E-state index contributed by atoms with van der Waals surface area (Å²) in [6.45, 7) is 2.01. The molecule has 0 fully saturated rings. The Hall–Kier alpha value is -2.23. The van der Waals surface area contributed by atoms with Crippen molar-refractivity contribution in [3.05, 3.63) is 63.1 Å². The second-order valence-electron chi connectivity index (χ2n) is 5.81. The highest BCUT2D eigenvalue weighted by Crippen LogP contribution is 2.26. The van der Waals surface area contributed by atoms with Gasteiger partial charge < -0.3 is 0 Å². The van der Waals surface area contributed by atoms with Gasteiger partial charge in [-0.15, -0.1) is 0 Å². The highest BCUT2D eigenvalue weighted by molar-refractivity contribution is 5.96. The van der Waals surface area contributed by atoms with Crippen molar-refractivity contribution < 1.29 is 4.79 Å². The Bertz CT molecular complexity index is 716. The third kappa shape index (κ3) is 3.10. The van der Waals surface area contributed by atoms with Gasteiger partial charge in [-0.1, -0.05) is 29.8 Å². The molecule has 0 saturated heterocycles. The van der Waals surface area contributed by atoms with E-state index >= 15 is 0 Å². The quantitative estimate of drug-likeness (QED) is 0.880. The predicted octanol–water partition coefficient (Wildman–Crippen LogP) is 2.46. The molecule has 4 nitrogen and oxygen atoms in total. The van der Waals surface area contributed by atoms with Gasteiger partial charge in [0.2, 0.25) is 0 Å². The van der Waals surface area contributed by atoms with E-state index in [-0.39, 0.29) is 11.3 Å². The van der Waals surface area contributed by atoms with Crippen molar-refractivity contribution in [2.24, 2.45) is 5.92 Å². The number of benzene rings is 1. The van der Waals surface area contributed by atoms with E-state index < -0.39 is 0 Å². The minimum absolute atomic E-state index is 0.167. The van der Waals surface area contributed by atoms with Gasteiger partial charge in [0.1, 0.15) is 0 Å². The number of rotatable bonds is 3. The summed E-state index contributed by atoms with van der Waals surface area (Å²) in [5.41, 5.74) is 3.72. The van der Waals surface area contributed by atoms with Crippen LogP contribution in [-0.2, 0) is 12.8 Å². The van der Waals surface area contributed by atoms with Crippen molar-refractivity contribution in [3.63, 3.8) is 0 Å². The van der Waals surface area contributed by atoms with Crippen LogP contribution >= 0.6 is 0 Å². The van der Waals surface area contributed by atoms with Gasteiger partial charge in [0.05, 0.1) is 5.69 Å². The highest BCUT2D eigenvalue weighted by atomic mass is 16.1. The zero-order valence-electron chi connectivity index (χ0n) is 12.1. The average molecular weight is 282 g/mol. The number of carbonyl (C=O) groups is 1. The van der Waals surface area contributed by atoms with Gasteiger partial charge in [-0.2, -0.15) is 5.10 Å². The Kier molecular flexibility index (Phi) is 3.69. The van der Waals surface area contributed by atoms with E-state index in [0.29, 0.717) is 12.3 Å². The van der Waals surface area contributed by atoms with Gasteiger partial charge >= 0.3 is 0 Å². The molecule has 0 radical (unpaired) electrons. The van der Waals surface area contributed by atoms with Crippen LogP contribution in [0.4, 0.5) is 0 Å². The Balaban J connectivity index is 1.70. The monoisotopic (exact) mass is 282 g/mol. The lowest BCUT2D eigenvalue weighted by Gasteiger charge is -2.22. The minimum atomic E-state index is -0.167. The van der Waals surface area contributed by atoms with E-state index in [1.165, 1.54) is 0 Å². The SMILES string of the molecule is Cc1ccc(C(=O)CC2CCc3n[nH]c(=O)cc3C2)cc1. The summed E-state index contributed by atoms with van der Waals surface area (Å²) in [5, 5.41) is 6.55. The summed E-state index contributed by atoms with van der Waals surface area (Å²) in [7, 11) is 0. The van der Waals surface area contributed by atoms with E-state index in [1.807, 2.05) is 31.2 Å². The first kappa shape index (κ1) is 13.7. The third-order valence-electron chi connectivity index (χ3n) is 4.12. The number of carbonyl (C=O) groups excluding carboxylic acids is 1. The summed E-state index contributed by atoms with van der Waals surface area (Å²) in [5.74, 6) is 0.483. The molecule has 3 rings (SSSR count). The number of Topliss-reactive ketones (excluding diaryl/α,β-unsaturated/α-hetero) is 1. The Morgan fingerprint density at radius 2 is 2.10 bits per heavy atom. The lowest BCUT2D eigenvalue weighted by molar-refractivity contribution is 0.0957. The van der Waals surface area contributed by atoms with Gasteiger partial charge in [0.25, 0.3) is 5.56 Å². The summed E-state index contributed by atoms with van der Waals surface area (Å²) >= 11 is 0. The first-order valence-corrected chi connectivity index (χ1v) is 7.29. The summed E-state index contributed by atoms with van der Waals surface area (Å²) in [6, 6.07) is 9.33. The molecule has 4 heteroatoms. The molecule has 1 aliphatic rings. The van der Waals surface area contributed by atoms with E-state index in [1.54, 1.807) is 6.07 Å². The normalized spacial score (nSPS) is 17.3. The van der Waals surface area contributed by atoms with Crippen molar-refractivity contribution in [2.45, 2.75) is 32.6 Å². The lowest BCUT2D eigenvalue weighted by Crippen LogP contribution is -2.22. The van der Waals surface area contributed by atoms with Crippen molar-refractivity contribution in [1.82, 2.24) is 10.2 Å². The standard InChI is InChI=1S/C17H18N2O2/c1-11-2-5-13(6-3-11)16(20)9-12-4-7-15-14(8-12)10-17(21)19-18-15/h2-3,5-6,10,12H,4,7-9H2,1H3,(H,19,21). The van der Waals surface area contributed by atoms with Crippen molar-refractivity contribution in [2.75, 3.05) is 0 Å². The fraction of sp³-hybridized carbons (Fsp3) is 0.353. The maximum atomic E-state index is 12.3. The predicted molar refractivity (Wildman–Crippen MR) is 80.5 cm³/mol. The van der Waals surface area contributed by atoms with Crippen LogP contribution in [0, 0.1) is 12.8 Å². The number of fused-ring (bicyclic) bond motifs is 1. The number of ketones is 1. The number of aryl methyl sites for hydroxylation is 2. The molecular formula is C17H18N2O2. The second-order valence-corrected chi connectivity index (χ2v) is 5.81. The molecule has 1 aromatic carbocycles. The third-order valence-corrected chi connectivity index (χ3v) is 4.12. The number of aromatic amines is 1. The molecular weight excluding hydrogens is 264 g/mol. The van der Waals surface area contributed by atoms with Gasteiger partial charge in [-0.3, -0.25) is 9.59 Å². The molecule has 0 aliphatic heterocycles. The zero-order valence-corrected chi connectivity index (χ0v) is 12.1. The van der Waals surface area contributed by atoms with Gasteiger partial charge in [0, 0.05) is 18.1 Å².